The number of benzene rings is 1. The Hall–Kier alpha value is -2.12. The highest BCUT2D eigenvalue weighted by molar-refractivity contribution is 7.99. The molecule has 0 aliphatic rings. The summed E-state index contributed by atoms with van der Waals surface area (Å²) >= 11 is 2.83. The zero-order valence-corrected chi connectivity index (χ0v) is 18.3. The third-order valence-electron chi connectivity index (χ3n) is 4.65. The van der Waals surface area contributed by atoms with E-state index in [1.807, 2.05) is 45.0 Å². The van der Waals surface area contributed by atoms with Crippen LogP contribution in [0.25, 0.3) is 15.9 Å². The molecule has 0 radical (unpaired) electrons. The van der Waals surface area contributed by atoms with Gasteiger partial charge >= 0.3 is 0 Å². The summed E-state index contributed by atoms with van der Waals surface area (Å²) in [5, 5.41) is 4.13. The average Bonchev–Trinajstić information content (AvgIpc) is 2.95. The number of thiophene rings is 1. The number of rotatable bonds is 7. The minimum absolute atomic E-state index is 0.0400. The first-order valence-corrected chi connectivity index (χ1v) is 11.2. The maximum absolute atomic E-state index is 13.3. The van der Waals surface area contributed by atoms with Crippen molar-refractivity contribution in [3.63, 3.8) is 0 Å². The van der Waals surface area contributed by atoms with E-state index in [-0.39, 0.29) is 17.2 Å². The predicted molar refractivity (Wildman–Crippen MR) is 118 cm³/mol. The van der Waals surface area contributed by atoms with E-state index in [4.69, 9.17) is 4.98 Å². The monoisotopic (exact) mass is 415 g/mol. The summed E-state index contributed by atoms with van der Waals surface area (Å²) in [5.41, 5.74) is 2.79. The van der Waals surface area contributed by atoms with Gasteiger partial charge in [-0.2, -0.15) is 0 Å². The largest absolute Gasteiger partial charge is 0.355 e. The molecule has 7 heteroatoms. The molecule has 3 aromatic rings. The number of nitrogens with zero attached hydrogens (tertiary/aromatic N) is 2. The van der Waals surface area contributed by atoms with Crippen LogP contribution in [0.4, 0.5) is 0 Å². The fourth-order valence-corrected chi connectivity index (χ4v) is 4.79. The zero-order valence-electron chi connectivity index (χ0n) is 16.7. The first-order chi connectivity index (χ1) is 13.4. The lowest BCUT2D eigenvalue weighted by molar-refractivity contribution is -0.118. The van der Waals surface area contributed by atoms with E-state index in [1.54, 1.807) is 4.57 Å². The molecule has 0 atom stereocenters. The van der Waals surface area contributed by atoms with Gasteiger partial charge in [0.25, 0.3) is 5.56 Å². The molecule has 1 amide bonds. The van der Waals surface area contributed by atoms with Crippen molar-refractivity contribution in [3.8, 4) is 5.69 Å². The second kappa shape index (κ2) is 8.92. The molecule has 3 rings (SSSR count). The first kappa shape index (κ1) is 20.6. The van der Waals surface area contributed by atoms with E-state index >= 15 is 0 Å². The lowest BCUT2D eigenvalue weighted by atomic mass is 10.2. The Labute approximate surface area is 173 Å². The molecule has 0 fully saturated rings. The second-order valence-corrected chi connectivity index (χ2v) is 8.97. The Morgan fingerprint density at radius 2 is 1.93 bits per heavy atom. The molecule has 148 valence electrons. The molecule has 0 saturated carbocycles. The van der Waals surface area contributed by atoms with Gasteiger partial charge in [-0.25, -0.2) is 4.98 Å². The number of hydrogen-bond donors (Lipinski definition) is 1. The summed E-state index contributed by atoms with van der Waals surface area (Å²) in [6, 6.07) is 7.79. The van der Waals surface area contributed by atoms with Gasteiger partial charge in [-0.1, -0.05) is 42.8 Å². The quantitative estimate of drug-likeness (QED) is 0.353. The number of aryl methyl sites for hydroxylation is 3. The molecule has 0 unspecified atom stereocenters. The number of carbonyl (C=O) groups excluding carboxylic acids is 1. The molecule has 1 N–H and O–H groups in total. The van der Waals surface area contributed by atoms with Gasteiger partial charge in [0.2, 0.25) is 5.91 Å². The zero-order chi connectivity index (χ0) is 20.3. The van der Waals surface area contributed by atoms with Crippen LogP contribution in [0.3, 0.4) is 0 Å². The van der Waals surface area contributed by atoms with Crippen LogP contribution >= 0.6 is 23.1 Å². The Morgan fingerprint density at radius 3 is 2.61 bits per heavy atom. The number of fused-ring (bicyclic) bond motifs is 1. The molecule has 2 aromatic heterocycles. The van der Waals surface area contributed by atoms with Crippen LogP contribution in [-0.2, 0) is 4.79 Å². The Morgan fingerprint density at radius 1 is 1.21 bits per heavy atom. The van der Waals surface area contributed by atoms with E-state index in [0.717, 1.165) is 39.4 Å². The van der Waals surface area contributed by atoms with Crippen molar-refractivity contribution in [3.05, 3.63) is 50.6 Å². The highest BCUT2D eigenvalue weighted by Crippen LogP contribution is 2.29. The lowest BCUT2D eigenvalue weighted by Gasteiger charge is -2.12. The van der Waals surface area contributed by atoms with Crippen LogP contribution in [0.1, 0.15) is 35.8 Å². The predicted octanol–water partition coefficient (Wildman–Crippen LogP) is 4.38. The highest BCUT2D eigenvalue weighted by atomic mass is 32.2. The smallest absolute Gasteiger partial charge is 0.267 e. The van der Waals surface area contributed by atoms with E-state index in [0.29, 0.717) is 17.1 Å². The van der Waals surface area contributed by atoms with Crippen molar-refractivity contribution in [1.29, 1.82) is 0 Å². The van der Waals surface area contributed by atoms with Crippen LogP contribution in [0.15, 0.2) is 34.2 Å². The van der Waals surface area contributed by atoms with Gasteiger partial charge in [-0.15, -0.1) is 11.3 Å². The van der Waals surface area contributed by atoms with Gasteiger partial charge in [-0.3, -0.25) is 14.2 Å². The molecule has 2 heterocycles. The molecule has 0 spiro atoms. The van der Waals surface area contributed by atoms with Gasteiger partial charge in [0.1, 0.15) is 4.83 Å². The SMILES string of the molecule is CCCCNC(=O)CSc1nc2sc(C)c(C)c2c(=O)n1-c1ccc(C)cc1. The number of unbranched alkanes of at least 4 members (excludes halogenated alkanes) is 1. The van der Waals surface area contributed by atoms with Gasteiger partial charge < -0.3 is 5.32 Å². The number of hydrogen-bond acceptors (Lipinski definition) is 5. The number of nitrogens with one attached hydrogen (secondary N) is 1. The molecule has 28 heavy (non-hydrogen) atoms. The third-order valence-corrected chi connectivity index (χ3v) is 6.69. The van der Waals surface area contributed by atoms with Gasteiger partial charge in [0, 0.05) is 11.4 Å². The van der Waals surface area contributed by atoms with Crippen LogP contribution < -0.4 is 10.9 Å². The summed E-state index contributed by atoms with van der Waals surface area (Å²) in [5.74, 6) is 0.193. The molecule has 0 aliphatic carbocycles. The first-order valence-electron chi connectivity index (χ1n) is 9.41. The molecule has 0 saturated heterocycles. The summed E-state index contributed by atoms with van der Waals surface area (Å²) in [6.07, 6.45) is 2.00. The Balaban J connectivity index is 2.02. The van der Waals surface area contributed by atoms with Crippen molar-refractivity contribution in [2.75, 3.05) is 12.3 Å². The van der Waals surface area contributed by atoms with Gasteiger partial charge in [-0.05, 0) is 44.9 Å². The third kappa shape index (κ3) is 4.31. The van der Waals surface area contributed by atoms with Gasteiger partial charge in [0.05, 0.1) is 16.8 Å². The number of amides is 1. The van der Waals surface area contributed by atoms with Crippen molar-refractivity contribution in [2.45, 2.75) is 45.7 Å². The number of carbonyl (C=O) groups is 1. The van der Waals surface area contributed by atoms with E-state index in [1.165, 1.54) is 23.1 Å². The minimum atomic E-state index is -0.0791. The standard InChI is InChI=1S/C21H25N3O2S2/c1-5-6-11-22-17(25)12-27-21-23-19-18(14(3)15(4)28-19)20(26)24(21)16-9-7-13(2)8-10-16/h7-10H,5-6,11-12H2,1-4H3,(H,22,25). The van der Waals surface area contributed by atoms with E-state index < -0.39 is 0 Å². The van der Waals surface area contributed by atoms with E-state index in [9.17, 15) is 9.59 Å². The molecule has 0 bridgehead atoms. The summed E-state index contributed by atoms with van der Waals surface area (Å²) < 4.78 is 1.63. The van der Waals surface area contributed by atoms with Crippen LogP contribution in [0.5, 0.6) is 0 Å². The van der Waals surface area contributed by atoms with Gasteiger partial charge in [0.15, 0.2) is 5.16 Å². The van der Waals surface area contributed by atoms with Crippen LogP contribution in [-0.4, -0.2) is 27.8 Å². The second-order valence-electron chi connectivity index (χ2n) is 6.83. The number of thioether (sulfide) groups is 1. The maximum atomic E-state index is 13.3. The number of aromatic nitrogens is 2. The topological polar surface area (TPSA) is 64.0 Å². The molecule has 0 aliphatic heterocycles. The molecular formula is C21H25N3O2S2. The normalized spacial score (nSPS) is 11.1. The fraction of sp³-hybridized carbons (Fsp3) is 0.381. The van der Waals surface area contributed by atoms with Crippen LogP contribution in [0.2, 0.25) is 0 Å². The Bertz CT molecular complexity index is 1050. The molecule has 1 aromatic carbocycles. The van der Waals surface area contributed by atoms with Crippen molar-refractivity contribution >= 4 is 39.2 Å². The minimum Gasteiger partial charge on any atom is -0.355 e. The lowest BCUT2D eigenvalue weighted by Crippen LogP contribution is -2.27. The summed E-state index contributed by atoms with van der Waals surface area (Å²) in [6.45, 7) is 8.74. The van der Waals surface area contributed by atoms with Crippen molar-refractivity contribution in [2.24, 2.45) is 0 Å². The fourth-order valence-electron chi connectivity index (χ4n) is 2.88. The highest BCUT2D eigenvalue weighted by Gasteiger charge is 2.18. The van der Waals surface area contributed by atoms with Crippen molar-refractivity contribution < 1.29 is 4.79 Å². The summed E-state index contributed by atoms with van der Waals surface area (Å²) in [4.78, 5) is 32.1. The molecule has 5 nitrogen and oxygen atoms in total. The average molecular weight is 416 g/mol. The Kier molecular flexibility index (Phi) is 6.57. The molecular weight excluding hydrogens is 390 g/mol. The van der Waals surface area contributed by atoms with Crippen LogP contribution in [0, 0.1) is 20.8 Å². The maximum Gasteiger partial charge on any atom is 0.267 e. The summed E-state index contributed by atoms with van der Waals surface area (Å²) in [7, 11) is 0. The van der Waals surface area contributed by atoms with E-state index in [2.05, 4.69) is 12.2 Å². The van der Waals surface area contributed by atoms with Crippen molar-refractivity contribution in [1.82, 2.24) is 14.9 Å².